The monoisotopic (exact) mass is 298 g/mol. The minimum Gasteiger partial charge on any atom is -0.469 e. The Labute approximate surface area is 111 Å². The first-order chi connectivity index (χ1) is 7.99. The molecule has 1 aromatic carbocycles. The second kappa shape index (κ2) is 6.20. The number of aryl methyl sites for hydroxylation is 1. The summed E-state index contributed by atoms with van der Waals surface area (Å²) in [5.41, 5.74) is 2.01. The van der Waals surface area contributed by atoms with Crippen LogP contribution in [0.4, 0.5) is 0 Å². The number of carbonyl (C=O) groups excluding carboxylic acids is 1. The molecule has 0 fully saturated rings. The molecule has 0 saturated heterocycles. The Hall–Kier alpha value is -0.830. The largest absolute Gasteiger partial charge is 0.469 e. The predicted octanol–water partition coefficient (Wildman–Crippen LogP) is 3.37. The van der Waals surface area contributed by atoms with Crippen LogP contribution in [0.5, 0.6) is 0 Å². The molecular formula is C14H19BrO2. The molecule has 1 aromatic rings. The van der Waals surface area contributed by atoms with Gasteiger partial charge < -0.3 is 4.74 Å². The molecule has 94 valence electrons. The van der Waals surface area contributed by atoms with Crippen molar-refractivity contribution in [1.82, 2.24) is 0 Å². The highest BCUT2D eigenvalue weighted by atomic mass is 79.9. The second-order valence-corrected chi connectivity index (χ2v) is 5.60. The molecule has 3 heteroatoms. The molecular weight excluding hydrogens is 280 g/mol. The van der Waals surface area contributed by atoms with Crippen LogP contribution in [0, 0.1) is 5.41 Å². The van der Waals surface area contributed by atoms with Gasteiger partial charge in [-0.15, -0.1) is 0 Å². The van der Waals surface area contributed by atoms with Crippen LogP contribution >= 0.6 is 15.9 Å². The molecule has 0 aliphatic heterocycles. The maximum absolute atomic E-state index is 11.6. The van der Waals surface area contributed by atoms with Gasteiger partial charge in [0.1, 0.15) is 0 Å². The summed E-state index contributed by atoms with van der Waals surface area (Å²) >= 11 is 3.42. The topological polar surface area (TPSA) is 26.3 Å². The maximum atomic E-state index is 11.6. The Kier molecular flexibility index (Phi) is 5.19. The summed E-state index contributed by atoms with van der Waals surface area (Å²) in [5.74, 6) is -0.165. The van der Waals surface area contributed by atoms with Crippen LogP contribution in [0.2, 0.25) is 0 Å². The molecule has 0 atom stereocenters. The van der Waals surface area contributed by atoms with Crippen LogP contribution in [-0.4, -0.2) is 18.4 Å². The Morgan fingerprint density at radius 1 is 1.24 bits per heavy atom. The third-order valence-corrected chi connectivity index (χ3v) is 3.19. The first-order valence-electron chi connectivity index (χ1n) is 5.72. The van der Waals surface area contributed by atoms with Gasteiger partial charge in [-0.1, -0.05) is 40.2 Å². The summed E-state index contributed by atoms with van der Waals surface area (Å²) in [6.07, 6.45) is 1.73. The lowest BCUT2D eigenvalue weighted by Gasteiger charge is -2.21. The van der Waals surface area contributed by atoms with Crippen LogP contribution in [0.1, 0.15) is 25.0 Å². The number of carbonyl (C=O) groups is 1. The quantitative estimate of drug-likeness (QED) is 0.615. The van der Waals surface area contributed by atoms with Crippen LogP contribution in [0.15, 0.2) is 24.3 Å². The number of benzene rings is 1. The van der Waals surface area contributed by atoms with E-state index in [9.17, 15) is 4.79 Å². The minimum absolute atomic E-state index is 0.165. The molecule has 2 nitrogen and oxygen atoms in total. The van der Waals surface area contributed by atoms with E-state index in [4.69, 9.17) is 4.74 Å². The molecule has 0 bridgehead atoms. The van der Waals surface area contributed by atoms with E-state index in [0.717, 1.165) is 11.8 Å². The number of rotatable bonds is 5. The van der Waals surface area contributed by atoms with Crippen molar-refractivity contribution in [2.45, 2.75) is 26.7 Å². The SMILES string of the molecule is COC(=O)C(C)(C)Cc1ccc(CCBr)cc1. The minimum atomic E-state index is -0.467. The smallest absolute Gasteiger partial charge is 0.311 e. The van der Waals surface area contributed by atoms with E-state index in [-0.39, 0.29) is 5.97 Å². The van der Waals surface area contributed by atoms with Crippen molar-refractivity contribution < 1.29 is 9.53 Å². The number of methoxy groups -OCH3 is 1. The third-order valence-electron chi connectivity index (χ3n) is 2.79. The third kappa shape index (κ3) is 4.15. The number of halogens is 1. The molecule has 0 heterocycles. The van der Waals surface area contributed by atoms with Crippen LogP contribution in [0.3, 0.4) is 0 Å². The standard InChI is InChI=1S/C14H19BrO2/c1-14(2,13(16)17-3)10-12-6-4-11(5-7-12)8-9-15/h4-7H,8-10H2,1-3H3. The fraction of sp³-hybridized carbons (Fsp3) is 0.500. The first-order valence-corrected chi connectivity index (χ1v) is 6.84. The summed E-state index contributed by atoms with van der Waals surface area (Å²) in [5, 5.41) is 0.972. The van der Waals surface area contributed by atoms with Crippen LogP contribution < -0.4 is 0 Å². The molecule has 0 spiro atoms. The number of esters is 1. The van der Waals surface area contributed by atoms with Gasteiger partial charge in [0.05, 0.1) is 12.5 Å². The van der Waals surface area contributed by atoms with Crippen molar-refractivity contribution >= 4 is 21.9 Å². The van der Waals surface area contributed by atoms with E-state index in [1.54, 1.807) is 0 Å². The predicted molar refractivity (Wildman–Crippen MR) is 73.4 cm³/mol. The Bertz CT molecular complexity index is 368. The number of ether oxygens (including phenoxy) is 1. The molecule has 1 rings (SSSR count). The highest BCUT2D eigenvalue weighted by molar-refractivity contribution is 9.09. The molecule has 0 radical (unpaired) electrons. The van der Waals surface area contributed by atoms with Crippen molar-refractivity contribution in [1.29, 1.82) is 0 Å². The van der Waals surface area contributed by atoms with Gasteiger partial charge in [0, 0.05) is 5.33 Å². The van der Waals surface area contributed by atoms with Gasteiger partial charge >= 0.3 is 5.97 Å². The zero-order chi connectivity index (χ0) is 12.9. The number of alkyl halides is 1. The first kappa shape index (κ1) is 14.2. The highest BCUT2D eigenvalue weighted by Crippen LogP contribution is 2.23. The number of hydrogen-bond donors (Lipinski definition) is 0. The Balaban J connectivity index is 2.71. The van der Waals surface area contributed by atoms with Crippen molar-refractivity contribution in [3.63, 3.8) is 0 Å². The van der Waals surface area contributed by atoms with E-state index in [0.29, 0.717) is 6.42 Å². The fourth-order valence-electron chi connectivity index (χ4n) is 1.79. The van der Waals surface area contributed by atoms with Crippen molar-refractivity contribution in [3.8, 4) is 0 Å². The zero-order valence-corrected chi connectivity index (χ0v) is 12.2. The summed E-state index contributed by atoms with van der Waals surface area (Å²) in [7, 11) is 1.43. The molecule has 0 aromatic heterocycles. The zero-order valence-electron chi connectivity index (χ0n) is 10.6. The maximum Gasteiger partial charge on any atom is 0.311 e. The summed E-state index contributed by atoms with van der Waals surface area (Å²) < 4.78 is 4.80. The second-order valence-electron chi connectivity index (χ2n) is 4.81. The lowest BCUT2D eigenvalue weighted by Crippen LogP contribution is -2.27. The molecule has 17 heavy (non-hydrogen) atoms. The van der Waals surface area contributed by atoms with Gasteiger partial charge in [0.25, 0.3) is 0 Å². The van der Waals surface area contributed by atoms with Gasteiger partial charge in [0.15, 0.2) is 0 Å². The average Bonchev–Trinajstić information content (AvgIpc) is 2.30. The molecule has 0 aliphatic carbocycles. The van der Waals surface area contributed by atoms with E-state index >= 15 is 0 Å². The normalized spacial score (nSPS) is 11.3. The van der Waals surface area contributed by atoms with Crippen molar-refractivity contribution in [3.05, 3.63) is 35.4 Å². The van der Waals surface area contributed by atoms with E-state index < -0.39 is 5.41 Å². The molecule has 0 unspecified atom stereocenters. The van der Waals surface area contributed by atoms with Crippen molar-refractivity contribution in [2.24, 2.45) is 5.41 Å². The number of hydrogen-bond acceptors (Lipinski definition) is 2. The van der Waals surface area contributed by atoms with Gasteiger partial charge in [-0.3, -0.25) is 4.79 Å². The Morgan fingerprint density at radius 2 is 1.76 bits per heavy atom. The molecule has 0 amide bonds. The summed E-state index contributed by atoms with van der Waals surface area (Å²) in [4.78, 5) is 11.6. The highest BCUT2D eigenvalue weighted by Gasteiger charge is 2.28. The lowest BCUT2D eigenvalue weighted by molar-refractivity contribution is -0.150. The van der Waals surface area contributed by atoms with Crippen LogP contribution in [-0.2, 0) is 22.4 Å². The summed E-state index contributed by atoms with van der Waals surface area (Å²) in [6.45, 7) is 3.82. The molecule has 0 saturated carbocycles. The van der Waals surface area contributed by atoms with E-state index in [1.807, 2.05) is 13.8 Å². The lowest BCUT2D eigenvalue weighted by atomic mass is 9.85. The van der Waals surface area contributed by atoms with Gasteiger partial charge in [-0.25, -0.2) is 0 Å². The fourth-order valence-corrected chi connectivity index (χ4v) is 2.25. The van der Waals surface area contributed by atoms with Crippen LogP contribution in [0.25, 0.3) is 0 Å². The summed E-state index contributed by atoms with van der Waals surface area (Å²) in [6, 6.07) is 8.40. The average molecular weight is 299 g/mol. The molecule has 0 N–H and O–H groups in total. The van der Waals surface area contributed by atoms with Gasteiger partial charge in [0.2, 0.25) is 0 Å². The molecule has 0 aliphatic rings. The van der Waals surface area contributed by atoms with E-state index in [2.05, 4.69) is 40.2 Å². The van der Waals surface area contributed by atoms with E-state index in [1.165, 1.54) is 18.2 Å². The van der Waals surface area contributed by atoms with Gasteiger partial charge in [-0.2, -0.15) is 0 Å². The van der Waals surface area contributed by atoms with Crippen molar-refractivity contribution in [2.75, 3.05) is 12.4 Å². The Morgan fingerprint density at radius 3 is 2.24 bits per heavy atom. The van der Waals surface area contributed by atoms with Gasteiger partial charge in [-0.05, 0) is 37.8 Å².